The zero-order valence-corrected chi connectivity index (χ0v) is 20.9. The summed E-state index contributed by atoms with van der Waals surface area (Å²) in [6.07, 6.45) is 1.73. The highest BCUT2D eigenvalue weighted by atomic mass is 28.4. The van der Waals surface area contributed by atoms with Gasteiger partial charge in [0.05, 0.1) is 6.10 Å². The SMILES string of the molecule is CO[Si](CCCN1CCC[Si](OC)(OC)OC(COc2ccccc2)C1)(OC)OC. The van der Waals surface area contributed by atoms with Crippen molar-refractivity contribution in [3.05, 3.63) is 30.3 Å². The van der Waals surface area contributed by atoms with E-state index in [1.54, 1.807) is 35.5 Å². The second kappa shape index (κ2) is 12.9. The summed E-state index contributed by atoms with van der Waals surface area (Å²) in [6.45, 7) is 3.05. The molecule has 1 aromatic carbocycles. The number of nitrogens with zero attached hydrogens (tertiary/aromatic N) is 1. The Kier molecular flexibility index (Phi) is 10.9. The Bertz CT molecular complexity index is 580. The smallest absolute Gasteiger partial charge is 0.491 e. The average molecular weight is 460 g/mol. The molecule has 0 saturated carbocycles. The first-order valence-corrected chi connectivity index (χ1v) is 14.2. The maximum absolute atomic E-state index is 6.40. The number of hydrogen-bond acceptors (Lipinski definition) is 8. The summed E-state index contributed by atoms with van der Waals surface area (Å²) in [7, 11) is 3.07. The van der Waals surface area contributed by atoms with E-state index in [0.29, 0.717) is 6.61 Å². The molecule has 1 aliphatic rings. The first kappa shape index (κ1) is 25.4. The lowest BCUT2D eigenvalue weighted by Gasteiger charge is -2.37. The summed E-state index contributed by atoms with van der Waals surface area (Å²) in [5.74, 6) is 0.827. The van der Waals surface area contributed by atoms with Crippen molar-refractivity contribution in [2.24, 2.45) is 0 Å². The van der Waals surface area contributed by atoms with Crippen molar-refractivity contribution in [3.8, 4) is 5.75 Å². The summed E-state index contributed by atoms with van der Waals surface area (Å²) in [6, 6.07) is 11.3. The second-order valence-corrected chi connectivity index (χ2v) is 13.3. The molecule has 0 amide bonds. The summed E-state index contributed by atoms with van der Waals surface area (Å²) >= 11 is 0. The largest absolute Gasteiger partial charge is 0.500 e. The number of hydrogen-bond donors (Lipinski definition) is 0. The fourth-order valence-corrected chi connectivity index (χ4v) is 7.53. The van der Waals surface area contributed by atoms with E-state index in [9.17, 15) is 0 Å². The van der Waals surface area contributed by atoms with Crippen LogP contribution >= 0.6 is 0 Å². The van der Waals surface area contributed by atoms with Gasteiger partial charge in [-0.25, -0.2) is 0 Å². The fraction of sp³-hybridized carbons (Fsp3) is 0.700. The number of ether oxygens (including phenoxy) is 1. The molecule has 1 heterocycles. The van der Waals surface area contributed by atoms with Gasteiger partial charge in [-0.2, -0.15) is 0 Å². The Morgan fingerprint density at radius 1 is 1.03 bits per heavy atom. The second-order valence-electron chi connectivity index (χ2n) is 7.26. The van der Waals surface area contributed by atoms with Crippen LogP contribution in [0.15, 0.2) is 30.3 Å². The van der Waals surface area contributed by atoms with Gasteiger partial charge in [0.1, 0.15) is 12.4 Å². The van der Waals surface area contributed by atoms with E-state index in [0.717, 1.165) is 50.3 Å². The number of benzene rings is 1. The van der Waals surface area contributed by atoms with Crippen molar-refractivity contribution >= 4 is 17.6 Å². The predicted molar refractivity (Wildman–Crippen MR) is 119 cm³/mol. The minimum Gasteiger partial charge on any atom is -0.491 e. The lowest BCUT2D eigenvalue weighted by molar-refractivity contribution is 0.00473. The number of rotatable bonds is 12. The van der Waals surface area contributed by atoms with Gasteiger partial charge < -0.3 is 36.2 Å². The van der Waals surface area contributed by atoms with Gasteiger partial charge in [0.15, 0.2) is 0 Å². The third-order valence-corrected chi connectivity index (χ3v) is 11.2. The van der Waals surface area contributed by atoms with Crippen LogP contribution in [0.5, 0.6) is 5.75 Å². The lowest BCUT2D eigenvalue weighted by Crippen LogP contribution is -2.53. The highest BCUT2D eigenvalue weighted by Gasteiger charge is 2.43. The number of para-hydroxylation sites is 1. The topological polar surface area (TPSA) is 67.9 Å². The molecule has 0 bridgehead atoms. The van der Waals surface area contributed by atoms with E-state index in [2.05, 4.69) is 4.90 Å². The summed E-state index contributed by atoms with van der Waals surface area (Å²) in [4.78, 5) is 2.41. The quantitative estimate of drug-likeness (QED) is 0.442. The molecule has 1 aliphatic heterocycles. The third kappa shape index (κ3) is 7.39. The van der Waals surface area contributed by atoms with Crippen molar-refractivity contribution in [1.82, 2.24) is 4.90 Å². The maximum atomic E-state index is 6.40. The molecule has 30 heavy (non-hydrogen) atoms. The molecule has 1 fully saturated rings. The zero-order chi connectivity index (χ0) is 21.9. The van der Waals surface area contributed by atoms with Crippen LogP contribution in [0.4, 0.5) is 0 Å². The van der Waals surface area contributed by atoms with Gasteiger partial charge in [-0.3, -0.25) is 0 Å². The third-order valence-electron chi connectivity index (χ3n) is 5.46. The fourth-order valence-electron chi connectivity index (χ4n) is 3.70. The monoisotopic (exact) mass is 459 g/mol. The van der Waals surface area contributed by atoms with Crippen molar-refractivity contribution in [1.29, 1.82) is 0 Å². The summed E-state index contributed by atoms with van der Waals surface area (Å²) in [5, 5.41) is 0. The summed E-state index contributed by atoms with van der Waals surface area (Å²) in [5.41, 5.74) is 0. The van der Waals surface area contributed by atoms with Crippen LogP contribution in [-0.4, -0.2) is 90.4 Å². The molecule has 1 aromatic rings. The van der Waals surface area contributed by atoms with Crippen molar-refractivity contribution in [2.75, 3.05) is 61.8 Å². The average Bonchev–Trinajstić information content (AvgIpc) is 2.78. The van der Waals surface area contributed by atoms with Crippen LogP contribution in [-0.2, 0) is 26.6 Å². The van der Waals surface area contributed by atoms with Gasteiger partial charge in [0, 0.05) is 54.2 Å². The van der Waals surface area contributed by atoms with E-state index < -0.39 is 17.6 Å². The van der Waals surface area contributed by atoms with Crippen LogP contribution in [0.2, 0.25) is 12.1 Å². The normalized spacial score (nSPS) is 20.5. The molecule has 8 nitrogen and oxygen atoms in total. The first-order chi connectivity index (χ1) is 14.5. The Morgan fingerprint density at radius 2 is 1.70 bits per heavy atom. The van der Waals surface area contributed by atoms with Gasteiger partial charge >= 0.3 is 17.6 Å². The molecular formula is C20H37NO7Si2. The zero-order valence-electron chi connectivity index (χ0n) is 18.9. The van der Waals surface area contributed by atoms with Crippen LogP contribution < -0.4 is 4.74 Å². The van der Waals surface area contributed by atoms with Crippen molar-refractivity contribution in [2.45, 2.75) is 31.0 Å². The molecule has 10 heteroatoms. The van der Waals surface area contributed by atoms with Gasteiger partial charge in [0.25, 0.3) is 0 Å². The van der Waals surface area contributed by atoms with Gasteiger partial charge in [-0.05, 0) is 38.1 Å². The van der Waals surface area contributed by atoms with Crippen molar-refractivity contribution < 1.29 is 31.3 Å². The van der Waals surface area contributed by atoms with Gasteiger partial charge in [-0.15, -0.1) is 0 Å². The molecule has 0 spiro atoms. The van der Waals surface area contributed by atoms with Crippen LogP contribution in [0.25, 0.3) is 0 Å². The highest BCUT2D eigenvalue weighted by Crippen LogP contribution is 2.23. The Balaban J connectivity index is 1.99. The van der Waals surface area contributed by atoms with E-state index in [1.807, 2.05) is 30.3 Å². The standard InChI is InChI=1S/C20H37NO7Si2/c1-22-29(23-2,24-3)15-9-13-21-14-10-16-30(25-4,26-5)28-20(17-21)18-27-19-11-7-6-8-12-19/h6-8,11-12,20H,9-10,13-18H2,1-5H3. The minimum atomic E-state index is -2.68. The van der Waals surface area contributed by atoms with E-state index in [1.165, 1.54) is 0 Å². The van der Waals surface area contributed by atoms with Crippen LogP contribution in [0, 0.1) is 0 Å². The Morgan fingerprint density at radius 3 is 2.30 bits per heavy atom. The molecule has 0 N–H and O–H groups in total. The van der Waals surface area contributed by atoms with Crippen molar-refractivity contribution in [3.63, 3.8) is 0 Å². The molecule has 1 atom stereocenters. The lowest BCUT2D eigenvalue weighted by atomic mass is 10.3. The molecule has 172 valence electrons. The minimum absolute atomic E-state index is 0.147. The first-order valence-electron chi connectivity index (χ1n) is 10.4. The molecular weight excluding hydrogens is 422 g/mol. The Labute approximate surface area is 183 Å². The molecule has 0 aromatic heterocycles. The molecule has 0 radical (unpaired) electrons. The molecule has 0 aliphatic carbocycles. The summed E-state index contributed by atoms with van der Waals surface area (Å²) < 4.78 is 40.5. The maximum Gasteiger partial charge on any atom is 0.500 e. The van der Waals surface area contributed by atoms with Crippen LogP contribution in [0.3, 0.4) is 0 Å². The van der Waals surface area contributed by atoms with Gasteiger partial charge in [-0.1, -0.05) is 18.2 Å². The highest BCUT2D eigenvalue weighted by molar-refractivity contribution is 6.61. The van der Waals surface area contributed by atoms with E-state index in [-0.39, 0.29) is 6.10 Å². The molecule has 1 saturated heterocycles. The van der Waals surface area contributed by atoms with Crippen LogP contribution in [0.1, 0.15) is 12.8 Å². The van der Waals surface area contributed by atoms with Gasteiger partial charge in [0.2, 0.25) is 0 Å². The van der Waals surface area contributed by atoms with E-state index >= 15 is 0 Å². The predicted octanol–water partition coefficient (Wildman–Crippen LogP) is 2.66. The Hall–Kier alpha value is -0.826. The van der Waals surface area contributed by atoms with E-state index in [4.69, 9.17) is 31.3 Å². The molecule has 1 unspecified atom stereocenters. The molecule has 2 rings (SSSR count).